The van der Waals surface area contributed by atoms with Gasteiger partial charge in [0.1, 0.15) is 0 Å². The van der Waals surface area contributed by atoms with Crippen molar-refractivity contribution in [3.8, 4) is 11.5 Å². The number of para-hydroxylation sites is 4. The topological polar surface area (TPSA) is 105 Å². The monoisotopic (exact) mass is 366 g/mol. The van der Waals surface area contributed by atoms with Gasteiger partial charge in [0.05, 0.1) is 0 Å². The van der Waals surface area contributed by atoms with Crippen molar-refractivity contribution in [3.63, 3.8) is 0 Å². The van der Waals surface area contributed by atoms with E-state index in [4.69, 9.17) is 5.63 Å². The SMILES string of the molecule is O=[N+]([O-])c1ccccc1[O][Zr][O]c1ccccc1[N+](=O)[O-]. The predicted octanol–water partition coefficient (Wildman–Crippen LogP) is 2.87. The fraction of sp³-hybridized carbons (Fsp3) is 0. The molecule has 2 rings (SSSR count). The summed E-state index contributed by atoms with van der Waals surface area (Å²) < 4.78 is 10.6. The van der Waals surface area contributed by atoms with Crippen LogP contribution in [0.25, 0.3) is 0 Å². The first-order chi connectivity index (χ1) is 10.1. The average molecular weight is 367 g/mol. The number of nitrogens with zero attached hydrogens (tertiary/aromatic N) is 2. The van der Waals surface area contributed by atoms with E-state index in [9.17, 15) is 20.2 Å². The van der Waals surface area contributed by atoms with E-state index in [-0.39, 0.29) is 22.9 Å². The Hall–Kier alpha value is -2.28. The average Bonchev–Trinajstić information content (AvgIpc) is 2.48. The quantitative estimate of drug-likeness (QED) is 0.574. The summed E-state index contributed by atoms with van der Waals surface area (Å²) in [5.41, 5.74) is -0.325. The molecule has 0 unspecified atom stereocenters. The van der Waals surface area contributed by atoms with E-state index in [1.807, 2.05) is 0 Å². The third kappa shape index (κ3) is 3.85. The van der Waals surface area contributed by atoms with Gasteiger partial charge < -0.3 is 0 Å². The Labute approximate surface area is 131 Å². The van der Waals surface area contributed by atoms with Crippen molar-refractivity contribution in [1.82, 2.24) is 0 Å². The van der Waals surface area contributed by atoms with Crippen LogP contribution in [-0.4, -0.2) is 9.85 Å². The minimum atomic E-state index is -2.00. The normalized spacial score (nSPS) is 9.71. The van der Waals surface area contributed by atoms with Crippen LogP contribution in [0.1, 0.15) is 0 Å². The zero-order valence-electron chi connectivity index (χ0n) is 10.5. The molecule has 106 valence electrons. The molecule has 2 aromatic carbocycles. The van der Waals surface area contributed by atoms with E-state index >= 15 is 0 Å². The van der Waals surface area contributed by atoms with Crippen molar-refractivity contribution in [2.75, 3.05) is 0 Å². The van der Waals surface area contributed by atoms with Gasteiger partial charge in [-0.15, -0.1) is 0 Å². The van der Waals surface area contributed by atoms with Crippen LogP contribution in [0, 0.1) is 20.2 Å². The van der Waals surface area contributed by atoms with Gasteiger partial charge >= 0.3 is 131 Å². The molecule has 0 atom stereocenters. The second-order valence-electron chi connectivity index (χ2n) is 3.74. The summed E-state index contributed by atoms with van der Waals surface area (Å²) in [7, 11) is 0. The third-order valence-corrected chi connectivity index (χ3v) is 3.92. The Bertz CT molecular complexity index is 621. The van der Waals surface area contributed by atoms with Crippen LogP contribution in [0.5, 0.6) is 11.5 Å². The van der Waals surface area contributed by atoms with Crippen molar-refractivity contribution >= 4 is 11.4 Å². The van der Waals surface area contributed by atoms with Crippen molar-refractivity contribution in [2.24, 2.45) is 0 Å². The molecule has 0 saturated heterocycles. The molecule has 0 fully saturated rings. The standard InChI is InChI=1S/2C6H5NO3.Zr/c2*8-6-4-2-1-3-5(6)7(9)10;/h2*1-4,8H;/q;;+2/p-2. The summed E-state index contributed by atoms with van der Waals surface area (Å²) in [6, 6.07) is 11.8. The molecular weight excluding hydrogens is 359 g/mol. The zero-order chi connectivity index (χ0) is 15.2. The third-order valence-electron chi connectivity index (χ3n) is 2.43. The Morgan fingerprint density at radius 3 is 1.52 bits per heavy atom. The van der Waals surface area contributed by atoms with Gasteiger partial charge in [0.2, 0.25) is 0 Å². The molecular formula is C12H8N2O6Zr. The number of hydrogen-bond acceptors (Lipinski definition) is 6. The summed E-state index contributed by atoms with van der Waals surface area (Å²) in [5, 5.41) is 21.6. The van der Waals surface area contributed by atoms with Crippen LogP contribution in [0.3, 0.4) is 0 Å². The molecule has 0 aliphatic carbocycles. The van der Waals surface area contributed by atoms with Crippen molar-refractivity contribution < 1.29 is 39.6 Å². The van der Waals surface area contributed by atoms with Gasteiger partial charge in [-0.3, -0.25) is 0 Å². The molecule has 2 aromatic rings. The Kier molecular flexibility index (Phi) is 5.00. The Morgan fingerprint density at radius 2 is 1.14 bits per heavy atom. The second-order valence-corrected chi connectivity index (χ2v) is 5.15. The first-order valence-electron chi connectivity index (χ1n) is 5.65. The molecule has 9 heteroatoms. The molecule has 0 radical (unpaired) electrons. The van der Waals surface area contributed by atoms with Gasteiger partial charge in [-0.25, -0.2) is 0 Å². The van der Waals surface area contributed by atoms with Crippen molar-refractivity contribution in [3.05, 3.63) is 68.8 Å². The molecule has 0 N–H and O–H groups in total. The number of nitro benzene ring substituents is 2. The van der Waals surface area contributed by atoms with Crippen LogP contribution < -0.4 is 5.63 Å². The molecule has 21 heavy (non-hydrogen) atoms. The van der Waals surface area contributed by atoms with Crippen LogP contribution in [0.2, 0.25) is 0 Å². The summed E-state index contributed by atoms with van der Waals surface area (Å²) >= 11 is -2.00. The Morgan fingerprint density at radius 1 is 0.762 bits per heavy atom. The number of benzene rings is 2. The summed E-state index contributed by atoms with van der Waals surface area (Å²) in [5.74, 6) is 0.209. The minimum absolute atomic E-state index is 0.104. The fourth-order valence-corrected chi connectivity index (χ4v) is 2.89. The number of rotatable bonds is 6. The number of hydrogen-bond donors (Lipinski definition) is 0. The molecule has 0 bridgehead atoms. The van der Waals surface area contributed by atoms with Crippen LogP contribution in [0.4, 0.5) is 11.4 Å². The van der Waals surface area contributed by atoms with Crippen molar-refractivity contribution in [2.45, 2.75) is 0 Å². The molecule has 0 aliphatic heterocycles. The molecule has 0 aliphatic rings. The van der Waals surface area contributed by atoms with Gasteiger partial charge in [-0.05, 0) is 0 Å². The molecule has 0 heterocycles. The van der Waals surface area contributed by atoms with Gasteiger partial charge in [0, 0.05) is 0 Å². The van der Waals surface area contributed by atoms with E-state index < -0.39 is 34.0 Å². The van der Waals surface area contributed by atoms with Gasteiger partial charge in [-0.1, -0.05) is 0 Å². The molecule has 0 saturated carbocycles. The maximum absolute atomic E-state index is 10.8. The van der Waals surface area contributed by atoms with E-state index in [0.29, 0.717) is 0 Å². The molecule has 0 spiro atoms. The maximum atomic E-state index is 10.8. The van der Waals surface area contributed by atoms with E-state index in [2.05, 4.69) is 0 Å². The second kappa shape index (κ2) is 6.94. The van der Waals surface area contributed by atoms with Gasteiger partial charge in [0.15, 0.2) is 0 Å². The summed E-state index contributed by atoms with van der Waals surface area (Å²) in [4.78, 5) is 20.5. The van der Waals surface area contributed by atoms with E-state index in [1.54, 1.807) is 12.1 Å². The fourth-order valence-electron chi connectivity index (χ4n) is 1.50. The van der Waals surface area contributed by atoms with Crippen molar-refractivity contribution in [1.29, 1.82) is 0 Å². The van der Waals surface area contributed by atoms with Crippen LogP contribution in [-0.2, 0) is 24.1 Å². The van der Waals surface area contributed by atoms with E-state index in [1.165, 1.54) is 36.4 Å². The first kappa shape index (κ1) is 15.1. The van der Waals surface area contributed by atoms with Crippen LogP contribution in [0.15, 0.2) is 48.5 Å². The van der Waals surface area contributed by atoms with Gasteiger partial charge in [0.25, 0.3) is 0 Å². The van der Waals surface area contributed by atoms with E-state index in [0.717, 1.165) is 0 Å². The molecule has 0 amide bonds. The predicted molar refractivity (Wildman–Crippen MR) is 67.4 cm³/mol. The number of nitro groups is 2. The molecule has 8 nitrogen and oxygen atoms in total. The Balaban J connectivity index is 2.06. The summed E-state index contributed by atoms with van der Waals surface area (Å²) in [6.45, 7) is 0. The van der Waals surface area contributed by atoms with Gasteiger partial charge in [-0.2, -0.15) is 0 Å². The summed E-state index contributed by atoms with van der Waals surface area (Å²) in [6.07, 6.45) is 0. The first-order valence-corrected chi connectivity index (χ1v) is 7.66. The molecule has 0 aromatic heterocycles. The van der Waals surface area contributed by atoms with Crippen LogP contribution >= 0.6 is 0 Å². The zero-order valence-corrected chi connectivity index (χ0v) is 12.9.